The van der Waals surface area contributed by atoms with E-state index in [0.717, 1.165) is 38.5 Å². The molecule has 0 bridgehead atoms. The van der Waals surface area contributed by atoms with Crippen LogP contribution in [0.2, 0.25) is 0 Å². The van der Waals surface area contributed by atoms with Crippen LogP contribution in [-0.2, 0) is 14.3 Å². The number of ether oxygens (including phenoxy) is 2. The van der Waals surface area contributed by atoms with Crippen LogP contribution in [0.15, 0.2) is 48.6 Å². The first-order chi connectivity index (χ1) is 23.6. The fraction of sp³-hybridized carbons (Fsp3) is 0.818. The van der Waals surface area contributed by atoms with E-state index in [9.17, 15) is 0 Å². The van der Waals surface area contributed by atoms with E-state index in [2.05, 4.69) is 62.5 Å². The highest BCUT2D eigenvalue weighted by atomic mass is 16.8. The number of hydrogen-bond donors (Lipinski definition) is 0. The first-order valence-corrected chi connectivity index (χ1v) is 20.9. The van der Waals surface area contributed by atoms with Crippen molar-refractivity contribution in [3.05, 3.63) is 48.6 Å². The van der Waals surface area contributed by atoms with E-state index in [4.69, 9.17) is 14.3 Å². The van der Waals surface area contributed by atoms with Crippen LogP contribution in [0.5, 0.6) is 0 Å². The predicted octanol–water partition coefficient (Wildman–Crippen LogP) is 13.5. The second kappa shape index (κ2) is 29.5. The maximum Gasteiger partial charge on any atom is 0.169 e. The quantitative estimate of drug-likeness (QED) is 0.0405. The largest absolute Gasteiger partial charge is 0.344 e. The first kappa shape index (κ1) is 43.0. The van der Waals surface area contributed by atoms with Crippen molar-refractivity contribution in [1.29, 1.82) is 0 Å². The standard InChI is InChI=1S/C44H79NO3/c1-5-7-9-11-13-15-17-19-21-23-25-27-29-31-33-35-37-44(46-42-39-41(48-45(3)4)40-43(42)47-44)38-36-34-32-30-28-26-24-22-20-18-16-14-12-10-8-6-2/h13-16,19-22,41-43H,5-12,17-18,23-40H2,1-4H3/b15-13-,16-14-,21-19-,22-20-/t41-,42-,43+. The molecule has 2 aliphatic rings. The summed E-state index contributed by atoms with van der Waals surface area (Å²) < 4.78 is 13.6. The number of nitrogens with zero attached hydrogens (tertiary/aromatic N) is 1. The summed E-state index contributed by atoms with van der Waals surface area (Å²) in [6, 6.07) is 0. The molecule has 0 spiro atoms. The molecule has 1 aliphatic heterocycles. The average molecular weight is 670 g/mol. The van der Waals surface area contributed by atoms with Crippen LogP contribution in [-0.4, -0.2) is 43.3 Å². The molecule has 4 nitrogen and oxygen atoms in total. The molecular formula is C44H79NO3. The fourth-order valence-corrected chi connectivity index (χ4v) is 7.26. The van der Waals surface area contributed by atoms with E-state index in [0.29, 0.717) is 0 Å². The van der Waals surface area contributed by atoms with Crippen molar-refractivity contribution in [2.24, 2.45) is 0 Å². The molecule has 0 radical (unpaired) electrons. The molecule has 0 aromatic rings. The van der Waals surface area contributed by atoms with Gasteiger partial charge in [0.1, 0.15) is 0 Å². The van der Waals surface area contributed by atoms with Crippen molar-refractivity contribution in [3.8, 4) is 0 Å². The summed E-state index contributed by atoms with van der Waals surface area (Å²) in [7, 11) is 3.94. The van der Waals surface area contributed by atoms with Crippen LogP contribution in [0.4, 0.5) is 0 Å². The molecule has 2 rings (SSSR count). The van der Waals surface area contributed by atoms with Crippen LogP contribution in [0.3, 0.4) is 0 Å². The molecule has 1 aliphatic carbocycles. The van der Waals surface area contributed by atoms with Gasteiger partial charge in [0, 0.05) is 39.8 Å². The zero-order valence-electron chi connectivity index (χ0n) is 32.3. The van der Waals surface area contributed by atoms with Crippen LogP contribution < -0.4 is 0 Å². The number of hydrogen-bond acceptors (Lipinski definition) is 4. The Kier molecular flexibility index (Phi) is 26.4. The van der Waals surface area contributed by atoms with Gasteiger partial charge in [-0.15, -0.1) is 0 Å². The highest BCUT2D eigenvalue weighted by molar-refractivity contribution is 4.95. The summed E-state index contributed by atoms with van der Waals surface area (Å²) in [5, 5.41) is 1.83. The Labute approximate surface area is 299 Å². The van der Waals surface area contributed by atoms with Crippen molar-refractivity contribution in [1.82, 2.24) is 5.06 Å². The Balaban J connectivity index is 1.57. The summed E-state index contributed by atoms with van der Waals surface area (Å²) in [4.78, 5) is 5.96. The number of allylic oxidation sites excluding steroid dienone is 8. The highest BCUT2D eigenvalue weighted by Gasteiger charge is 2.51. The van der Waals surface area contributed by atoms with Gasteiger partial charge in [0.25, 0.3) is 0 Å². The zero-order chi connectivity index (χ0) is 34.4. The Morgan fingerprint density at radius 2 is 0.854 bits per heavy atom. The summed E-state index contributed by atoms with van der Waals surface area (Å²) in [5.41, 5.74) is 0. The maximum atomic E-state index is 6.79. The van der Waals surface area contributed by atoms with Gasteiger partial charge in [-0.2, -0.15) is 5.06 Å². The molecule has 278 valence electrons. The lowest BCUT2D eigenvalue weighted by Crippen LogP contribution is -2.33. The Morgan fingerprint density at radius 1 is 0.500 bits per heavy atom. The van der Waals surface area contributed by atoms with Crippen molar-refractivity contribution in [3.63, 3.8) is 0 Å². The van der Waals surface area contributed by atoms with Gasteiger partial charge in [-0.05, 0) is 77.0 Å². The van der Waals surface area contributed by atoms with Gasteiger partial charge in [-0.25, -0.2) is 0 Å². The third kappa shape index (κ3) is 21.8. The third-order valence-electron chi connectivity index (χ3n) is 10.0. The van der Waals surface area contributed by atoms with Gasteiger partial charge in [0.05, 0.1) is 18.3 Å². The summed E-state index contributed by atoms with van der Waals surface area (Å²) in [6.45, 7) is 4.54. The fourth-order valence-electron chi connectivity index (χ4n) is 7.26. The Bertz CT molecular complexity index is 782. The number of unbranched alkanes of at least 4 members (excludes halogenated alkanes) is 18. The van der Waals surface area contributed by atoms with Gasteiger partial charge < -0.3 is 9.47 Å². The Hall–Kier alpha value is -1.20. The van der Waals surface area contributed by atoms with Gasteiger partial charge in [0.2, 0.25) is 0 Å². The van der Waals surface area contributed by atoms with Crippen LogP contribution in [0.25, 0.3) is 0 Å². The summed E-state index contributed by atoms with van der Waals surface area (Å²) in [6.07, 6.45) is 54.3. The molecule has 0 unspecified atom stereocenters. The van der Waals surface area contributed by atoms with Crippen molar-refractivity contribution >= 4 is 0 Å². The average Bonchev–Trinajstić information content (AvgIpc) is 3.59. The second-order valence-corrected chi connectivity index (χ2v) is 14.9. The minimum Gasteiger partial charge on any atom is -0.344 e. The molecule has 48 heavy (non-hydrogen) atoms. The number of fused-ring (bicyclic) bond motifs is 1. The van der Waals surface area contributed by atoms with Gasteiger partial charge in [-0.1, -0.05) is 140 Å². The normalized spacial score (nSPS) is 21.0. The van der Waals surface area contributed by atoms with Gasteiger partial charge >= 0.3 is 0 Å². The molecule has 0 N–H and O–H groups in total. The van der Waals surface area contributed by atoms with Gasteiger partial charge in [-0.3, -0.25) is 4.84 Å². The highest BCUT2D eigenvalue weighted by Crippen LogP contribution is 2.44. The molecule has 2 fully saturated rings. The predicted molar refractivity (Wildman–Crippen MR) is 208 cm³/mol. The third-order valence-corrected chi connectivity index (χ3v) is 10.0. The van der Waals surface area contributed by atoms with E-state index in [1.165, 1.54) is 141 Å². The second-order valence-electron chi connectivity index (χ2n) is 14.9. The van der Waals surface area contributed by atoms with Crippen molar-refractivity contribution in [2.45, 2.75) is 218 Å². The van der Waals surface area contributed by atoms with E-state index in [-0.39, 0.29) is 24.1 Å². The lowest BCUT2D eigenvalue weighted by molar-refractivity contribution is -0.213. The molecule has 1 saturated carbocycles. The summed E-state index contributed by atoms with van der Waals surface area (Å²) in [5.74, 6) is -0.358. The Morgan fingerprint density at radius 3 is 1.23 bits per heavy atom. The topological polar surface area (TPSA) is 30.9 Å². The first-order valence-electron chi connectivity index (χ1n) is 20.9. The van der Waals surface area contributed by atoms with Crippen LogP contribution in [0, 0.1) is 0 Å². The van der Waals surface area contributed by atoms with Crippen molar-refractivity contribution in [2.75, 3.05) is 14.1 Å². The molecule has 0 amide bonds. The minimum atomic E-state index is -0.358. The van der Waals surface area contributed by atoms with Crippen LogP contribution in [0.1, 0.15) is 194 Å². The van der Waals surface area contributed by atoms with E-state index in [1.54, 1.807) is 0 Å². The van der Waals surface area contributed by atoms with E-state index >= 15 is 0 Å². The monoisotopic (exact) mass is 670 g/mol. The van der Waals surface area contributed by atoms with Gasteiger partial charge in [0.15, 0.2) is 5.79 Å². The smallest absolute Gasteiger partial charge is 0.169 e. The molecule has 1 heterocycles. The maximum absolute atomic E-state index is 6.79. The number of hydroxylamine groups is 2. The molecule has 3 atom stereocenters. The summed E-state index contributed by atoms with van der Waals surface area (Å²) >= 11 is 0. The molecule has 0 aromatic heterocycles. The SMILES string of the molecule is CCCCC/C=C\C/C=C\CCCCCCCCC1(CCCCCCCC/C=C\C/C=C\CCCCC)O[C@H]2C[C@H](ON(C)C)C[C@H]2O1. The van der Waals surface area contributed by atoms with Crippen molar-refractivity contribution < 1.29 is 14.3 Å². The zero-order valence-corrected chi connectivity index (χ0v) is 32.3. The molecular weight excluding hydrogens is 590 g/mol. The van der Waals surface area contributed by atoms with E-state index < -0.39 is 0 Å². The molecule has 0 aromatic carbocycles. The minimum absolute atomic E-state index is 0.198. The van der Waals surface area contributed by atoms with Crippen LogP contribution >= 0.6 is 0 Å². The lowest BCUT2D eigenvalue weighted by Gasteiger charge is -2.30. The van der Waals surface area contributed by atoms with E-state index in [1.807, 2.05) is 19.2 Å². The molecule has 4 heteroatoms. The molecule has 1 saturated heterocycles. The number of rotatable bonds is 32. The lowest BCUT2D eigenvalue weighted by atomic mass is 9.98.